The van der Waals surface area contributed by atoms with Crippen LogP contribution in [-0.4, -0.2) is 10.1 Å². The van der Waals surface area contributed by atoms with E-state index in [2.05, 4.69) is 10.3 Å². The van der Waals surface area contributed by atoms with Crippen molar-refractivity contribution in [1.82, 2.24) is 4.98 Å². The van der Waals surface area contributed by atoms with Crippen LogP contribution in [0.1, 0.15) is 5.56 Å². The standard InChI is InChI=1S/C12H12N2O/c15-12-8-4-7-11(14-12)13-9-10-5-2-1-3-6-10/h1-8H,9H2,(H2,13,14,15). The van der Waals surface area contributed by atoms with Gasteiger partial charge in [-0.2, -0.15) is 4.98 Å². The van der Waals surface area contributed by atoms with Crippen LogP contribution < -0.4 is 5.32 Å². The Balaban J connectivity index is 1.99. The lowest BCUT2D eigenvalue weighted by Crippen LogP contribution is -2.00. The number of anilines is 1. The molecule has 1 aromatic carbocycles. The van der Waals surface area contributed by atoms with Gasteiger partial charge in [-0.05, 0) is 11.6 Å². The lowest BCUT2D eigenvalue weighted by atomic mass is 10.2. The molecule has 0 radical (unpaired) electrons. The zero-order valence-corrected chi connectivity index (χ0v) is 8.22. The van der Waals surface area contributed by atoms with Crippen LogP contribution in [-0.2, 0) is 6.54 Å². The van der Waals surface area contributed by atoms with E-state index >= 15 is 0 Å². The Hall–Kier alpha value is -2.03. The molecule has 0 aliphatic heterocycles. The predicted octanol–water partition coefficient (Wildman–Crippen LogP) is 2.40. The SMILES string of the molecule is Oc1cccc(NCc2ccccc2)n1. The van der Waals surface area contributed by atoms with Crippen molar-refractivity contribution in [3.05, 3.63) is 54.1 Å². The van der Waals surface area contributed by atoms with Gasteiger partial charge in [-0.25, -0.2) is 0 Å². The summed E-state index contributed by atoms with van der Waals surface area (Å²) in [5.41, 5.74) is 1.18. The number of pyridine rings is 1. The third kappa shape index (κ3) is 2.71. The van der Waals surface area contributed by atoms with Gasteiger partial charge in [0.05, 0.1) is 0 Å². The van der Waals surface area contributed by atoms with Crippen LogP contribution in [0, 0.1) is 0 Å². The minimum Gasteiger partial charge on any atom is -0.493 e. The Labute approximate surface area is 88.4 Å². The molecule has 1 aromatic heterocycles. The van der Waals surface area contributed by atoms with Crippen LogP contribution in [0.25, 0.3) is 0 Å². The Morgan fingerprint density at radius 1 is 1.00 bits per heavy atom. The average Bonchev–Trinajstić information content (AvgIpc) is 2.28. The van der Waals surface area contributed by atoms with Crippen molar-refractivity contribution in [1.29, 1.82) is 0 Å². The number of hydrogen-bond donors (Lipinski definition) is 2. The third-order valence-electron chi connectivity index (χ3n) is 2.05. The van der Waals surface area contributed by atoms with Crippen LogP contribution in [0.5, 0.6) is 5.88 Å². The second kappa shape index (κ2) is 4.46. The molecule has 3 heteroatoms. The Morgan fingerprint density at radius 3 is 2.53 bits per heavy atom. The lowest BCUT2D eigenvalue weighted by Gasteiger charge is -2.05. The van der Waals surface area contributed by atoms with Crippen molar-refractivity contribution >= 4 is 5.82 Å². The molecule has 0 saturated heterocycles. The highest BCUT2D eigenvalue weighted by Crippen LogP contribution is 2.10. The predicted molar refractivity (Wildman–Crippen MR) is 59.7 cm³/mol. The van der Waals surface area contributed by atoms with Crippen LogP contribution in [0.15, 0.2) is 48.5 Å². The molecule has 0 aliphatic carbocycles. The summed E-state index contributed by atoms with van der Waals surface area (Å²) in [5.74, 6) is 0.715. The second-order valence-electron chi connectivity index (χ2n) is 3.22. The first-order valence-corrected chi connectivity index (χ1v) is 4.78. The number of nitrogens with zero attached hydrogens (tertiary/aromatic N) is 1. The molecule has 0 bridgehead atoms. The minimum absolute atomic E-state index is 0.0352. The molecule has 2 N–H and O–H groups in total. The van der Waals surface area contributed by atoms with E-state index in [0.29, 0.717) is 12.4 Å². The number of nitrogens with one attached hydrogen (secondary N) is 1. The largest absolute Gasteiger partial charge is 0.493 e. The molecular formula is C12H12N2O. The van der Waals surface area contributed by atoms with Crippen molar-refractivity contribution in [2.24, 2.45) is 0 Å². The van der Waals surface area contributed by atoms with Gasteiger partial charge in [0, 0.05) is 12.6 Å². The molecule has 0 atom stereocenters. The van der Waals surface area contributed by atoms with E-state index in [1.807, 2.05) is 36.4 Å². The Kier molecular flexibility index (Phi) is 2.83. The highest BCUT2D eigenvalue weighted by atomic mass is 16.3. The van der Waals surface area contributed by atoms with Crippen LogP contribution in [0.2, 0.25) is 0 Å². The monoisotopic (exact) mass is 200 g/mol. The summed E-state index contributed by atoms with van der Waals surface area (Å²) in [6, 6.07) is 15.2. The molecule has 2 aromatic rings. The summed E-state index contributed by atoms with van der Waals surface area (Å²) in [6.07, 6.45) is 0. The molecule has 2 rings (SSSR count). The number of benzene rings is 1. The van der Waals surface area contributed by atoms with Crippen molar-refractivity contribution < 1.29 is 5.11 Å². The van der Waals surface area contributed by atoms with E-state index in [9.17, 15) is 0 Å². The van der Waals surface area contributed by atoms with Gasteiger partial charge in [-0.1, -0.05) is 36.4 Å². The number of aromatic nitrogens is 1. The second-order valence-corrected chi connectivity index (χ2v) is 3.22. The van der Waals surface area contributed by atoms with Gasteiger partial charge in [0.15, 0.2) is 0 Å². The van der Waals surface area contributed by atoms with Crippen molar-refractivity contribution in [2.75, 3.05) is 5.32 Å². The fourth-order valence-electron chi connectivity index (χ4n) is 1.31. The maximum absolute atomic E-state index is 9.16. The van der Waals surface area contributed by atoms with E-state index in [1.54, 1.807) is 12.1 Å². The summed E-state index contributed by atoms with van der Waals surface area (Å²) in [7, 11) is 0. The molecule has 1 heterocycles. The quantitative estimate of drug-likeness (QED) is 0.799. The average molecular weight is 200 g/mol. The smallest absolute Gasteiger partial charge is 0.212 e. The van der Waals surface area contributed by atoms with E-state index in [-0.39, 0.29) is 5.88 Å². The minimum atomic E-state index is 0.0352. The molecule has 3 nitrogen and oxygen atoms in total. The maximum Gasteiger partial charge on any atom is 0.212 e. The zero-order valence-electron chi connectivity index (χ0n) is 8.22. The van der Waals surface area contributed by atoms with Crippen molar-refractivity contribution in [3.63, 3.8) is 0 Å². The molecule has 0 aliphatic rings. The van der Waals surface area contributed by atoms with Gasteiger partial charge in [-0.15, -0.1) is 0 Å². The first-order chi connectivity index (χ1) is 7.34. The Bertz CT molecular complexity index is 429. The fourth-order valence-corrected chi connectivity index (χ4v) is 1.31. The molecule has 0 spiro atoms. The van der Waals surface area contributed by atoms with Gasteiger partial charge in [0.25, 0.3) is 0 Å². The number of hydrogen-bond acceptors (Lipinski definition) is 3. The summed E-state index contributed by atoms with van der Waals surface area (Å²) >= 11 is 0. The first-order valence-electron chi connectivity index (χ1n) is 4.78. The highest BCUT2D eigenvalue weighted by molar-refractivity contribution is 5.37. The topological polar surface area (TPSA) is 45.1 Å². The summed E-state index contributed by atoms with van der Waals surface area (Å²) < 4.78 is 0. The summed E-state index contributed by atoms with van der Waals surface area (Å²) in [5, 5.41) is 12.3. The summed E-state index contributed by atoms with van der Waals surface area (Å²) in [6.45, 7) is 0.706. The Morgan fingerprint density at radius 2 is 1.80 bits per heavy atom. The van der Waals surface area contributed by atoms with E-state index in [1.165, 1.54) is 5.56 Å². The third-order valence-corrected chi connectivity index (χ3v) is 2.05. The maximum atomic E-state index is 9.16. The van der Waals surface area contributed by atoms with Crippen molar-refractivity contribution in [2.45, 2.75) is 6.54 Å². The van der Waals surface area contributed by atoms with E-state index in [0.717, 1.165) is 0 Å². The molecule has 0 unspecified atom stereocenters. The molecule has 0 saturated carbocycles. The molecule has 15 heavy (non-hydrogen) atoms. The molecule has 0 amide bonds. The van der Waals surface area contributed by atoms with Gasteiger partial charge in [0.1, 0.15) is 5.82 Å². The molecular weight excluding hydrogens is 188 g/mol. The number of aromatic hydroxyl groups is 1. The highest BCUT2D eigenvalue weighted by Gasteiger charge is 1.95. The van der Waals surface area contributed by atoms with Gasteiger partial charge < -0.3 is 10.4 Å². The van der Waals surface area contributed by atoms with Gasteiger partial charge in [-0.3, -0.25) is 0 Å². The van der Waals surface area contributed by atoms with Crippen LogP contribution >= 0.6 is 0 Å². The van der Waals surface area contributed by atoms with Crippen molar-refractivity contribution in [3.8, 4) is 5.88 Å². The van der Waals surface area contributed by atoms with Gasteiger partial charge >= 0.3 is 0 Å². The fraction of sp³-hybridized carbons (Fsp3) is 0.0833. The van der Waals surface area contributed by atoms with Crippen LogP contribution in [0.3, 0.4) is 0 Å². The first kappa shape index (κ1) is 9.52. The molecule has 0 fully saturated rings. The number of rotatable bonds is 3. The molecule has 76 valence electrons. The normalized spacial score (nSPS) is 9.87. The van der Waals surface area contributed by atoms with E-state index in [4.69, 9.17) is 5.11 Å². The zero-order chi connectivity index (χ0) is 10.5. The van der Waals surface area contributed by atoms with E-state index < -0.39 is 0 Å². The van der Waals surface area contributed by atoms with Crippen LogP contribution in [0.4, 0.5) is 5.82 Å². The van der Waals surface area contributed by atoms with Gasteiger partial charge in [0.2, 0.25) is 5.88 Å². The summed E-state index contributed by atoms with van der Waals surface area (Å²) in [4.78, 5) is 3.93. The lowest BCUT2D eigenvalue weighted by molar-refractivity contribution is 0.454.